The topological polar surface area (TPSA) is 84.9 Å². The Labute approximate surface area is 154 Å². The molecule has 0 bridgehead atoms. The molecular formula is C18H26N2O5S. The van der Waals surface area contributed by atoms with Crippen LogP contribution in [0, 0.1) is 0 Å². The van der Waals surface area contributed by atoms with Gasteiger partial charge in [0.1, 0.15) is 0 Å². The van der Waals surface area contributed by atoms with E-state index < -0.39 is 15.8 Å². The van der Waals surface area contributed by atoms with Gasteiger partial charge in [-0.25, -0.2) is 8.42 Å². The SMILES string of the molecule is CCC(C)NC(=O)c1cccc(S(=O)(=O)N2CCC3(CC2)OCCO3)c1. The summed E-state index contributed by atoms with van der Waals surface area (Å²) in [5, 5.41) is 2.86. The number of nitrogens with zero attached hydrogens (tertiary/aromatic N) is 1. The van der Waals surface area contributed by atoms with E-state index >= 15 is 0 Å². The van der Waals surface area contributed by atoms with Crippen LogP contribution in [-0.2, 0) is 19.5 Å². The highest BCUT2D eigenvalue weighted by Crippen LogP contribution is 2.33. The average Bonchev–Trinajstić information content (AvgIpc) is 3.10. The summed E-state index contributed by atoms with van der Waals surface area (Å²) in [6.45, 7) is 5.68. The summed E-state index contributed by atoms with van der Waals surface area (Å²) in [4.78, 5) is 12.4. The van der Waals surface area contributed by atoms with E-state index in [0.29, 0.717) is 44.7 Å². The van der Waals surface area contributed by atoms with Gasteiger partial charge in [-0.2, -0.15) is 4.31 Å². The molecule has 2 fully saturated rings. The van der Waals surface area contributed by atoms with Gasteiger partial charge >= 0.3 is 0 Å². The molecule has 1 N–H and O–H groups in total. The molecule has 0 saturated carbocycles. The van der Waals surface area contributed by atoms with Gasteiger partial charge in [0, 0.05) is 37.5 Å². The summed E-state index contributed by atoms with van der Waals surface area (Å²) >= 11 is 0. The smallest absolute Gasteiger partial charge is 0.251 e. The second-order valence-electron chi connectivity index (χ2n) is 6.82. The predicted molar refractivity (Wildman–Crippen MR) is 96.3 cm³/mol. The van der Waals surface area contributed by atoms with Gasteiger partial charge in [-0.15, -0.1) is 0 Å². The Morgan fingerprint density at radius 1 is 1.27 bits per heavy atom. The molecule has 7 nitrogen and oxygen atoms in total. The van der Waals surface area contributed by atoms with Crippen molar-refractivity contribution in [1.82, 2.24) is 9.62 Å². The fourth-order valence-electron chi connectivity index (χ4n) is 3.21. The number of benzene rings is 1. The second-order valence-corrected chi connectivity index (χ2v) is 8.76. The number of rotatable bonds is 5. The summed E-state index contributed by atoms with van der Waals surface area (Å²) in [5.74, 6) is -0.883. The molecule has 1 atom stereocenters. The Bertz CT molecular complexity index is 749. The molecule has 1 spiro atoms. The first-order valence-electron chi connectivity index (χ1n) is 9.05. The van der Waals surface area contributed by atoms with Gasteiger partial charge in [-0.1, -0.05) is 13.0 Å². The Morgan fingerprint density at radius 3 is 2.54 bits per heavy atom. The number of carbonyl (C=O) groups excluding carboxylic acids is 1. The molecule has 3 rings (SSSR count). The van der Waals surface area contributed by atoms with Crippen molar-refractivity contribution in [2.45, 2.75) is 49.8 Å². The van der Waals surface area contributed by atoms with E-state index in [1.54, 1.807) is 12.1 Å². The molecule has 26 heavy (non-hydrogen) atoms. The molecule has 2 saturated heterocycles. The highest BCUT2D eigenvalue weighted by Gasteiger charge is 2.42. The quantitative estimate of drug-likeness (QED) is 0.839. The van der Waals surface area contributed by atoms with E-state index in [0.717, 1.165) is 6.42 Å². The van der Waals surface area contributed by atoms with Crippen LogP contribution in [0.2, 0.25) is 0 Å². The highest BCUT2D eigenvalue weighted by atomic mass is 32.2. The van der Waals surface area contributed by atoms with E-state index in [2.05, 4.69) is 5.32 Å². The first-order valence-corrected chi connectivity index (χ1v) is 10.5. The first kappa shape index (κ1) is 19.3. The van der Waals surface area contributed by atoms with Crippen LogP contribution in [0.4, 0.5) is 0 Å². The van der Waals surface area contributed by atoms with Crippen LogP contribution in [0.3, 0.4) is 0 Å². The van der Waals surface area contributed by atoms with Crippen LogP contribution >= 0.6 is 0 Å². The Morgan fingerprint density at radius 2 is 1.92 bits per heavy atom. The number of hydrogen-bond acceptors (Lipinski definition) is 5. The normalized spacial score (nSPS) is 21.6. The van der Waals surface area contributed by atoms with Crippen molar-refractivity contribution in [3.63, 3.8) is 0 Å². The fraction of sp³-hybridized carbons (Fsp3) is 0.611. The molecule has 1 aromatic rings. The van der Waals surface area contributed by atoms with Crippen LogP contribution in [-0.4, -0.2) is 56.8 Å². The fourth-order valence-corrected chi connectivity index (χ4v) is 4.70. The summed E-state index contributed by atoms with van der Waals surface area (Å²) in [7, 11) is -3.66. The van der Waals surface area contributed by atoms with Gasteiger partial charge in [0.15, 0.2) is 5.79 Å². The van der Waals surface area contributed by atoms with Gasteiger partial charge in [0.25, 0.3) is 5.91 Å². The number of amides is 1. The van der Waals surface area contributed by atoms with Gasteiger partial charge in [0.2, 0.25) is 10.0 Å². The minimum atomic E-state index is -3.66. The van der Waals surface area contributed by atoms with E-state index in [-0.39, 0.29) is 16.8 Å². The van der Waals surface area contributed by atoms with Crippen molar-refractivity contribution in [2.24, 2.45) is 0 Å². The minimum Gasteiger partial charge on any atom is -0.350 e. The molecule has 144 valence electrons. The van der Waals surface area contributed by atoms with Crippen molar-refractivity contribution in [3.05, 3.63) is 29.8 Å². The molecule has 2 aliphatic rings. The second kappa shape index (κ2) is 7.64. The monoisotopic (exact) mass is 382 g/mol. The third kappa shape index (κ3) is 3.93. The minimum absolute atomic E-state index is 0.0347. The average molecular weight is 382 g/mol. The van der Waals surface area contributed by atoms with Crippen molar-refractivity contribution in [3.8, 4) is 0 Å². The molecule has 2 aliphatic heterocycles. The van der Waals surface area contributed by atoms with Crippen molar-refractivity contribution in [1.29, 1.82) is 0 Å². The van der Waals surface area contributed by atoms with Crippen LogP contribution in [0.1, 0.15) is 43.5 Å². The molecule has 1 aromatic carbocycles. The standard InChI is InChI=1S/C18H26N2O5S/c1-3-14(2)19-17(21)15-5-4-6-16(13-15)26(22,23)20-9-7-18(8-10-20)24-11-12-25-18/h4-6,13-14H,3,7-12H2,1-2H3,(H,19,21). The molecule has 8 heteroatoms. The Hall–Kier alpha value is -1.48. The number of hydrogen-bond donors (Lipinski definition) is 1. The Balaban J connectivity index is 1.73. The number of sulfonamides is 1. The number of piperidine rings is 1. The zero-order valence-electron chi connectivity index (χ0n) is 15.2. The largest absolute Gasteiger partial charge is 0.350 e. The van der Waals surface area contributed by atoms with E-state index in [1.807, 2.05) is 13.8 Å². The van der Waals surface area contributed by atoms with Gasteiger partial charge in [0.05, 0.1) is 18.1 Å². The number of nitrogens with one attached hydrogen (secondary N) is 1. The van der Waals surface area contributed by atoms with Crippen molar-refractivity contribution in [2.75, 3.05) is 26.3 Å². The molecule has 0 aliphatic carbocycles. The third-order valence-electron chi connectivity index (χ3n) is 5.02. The maximum absolute atomic E-state index is 13.0. The molecule has 0 aromatic heterocycles. The van der Waals surface area contributed by atoms with Crippen LogP contribution < -0.4 is 5.32 Å². The summed E-state index contributed by atoms with van der Waals surface area (Å²) in [5.41, 5.74) is 0.349. The maximum atomic E-state index is 13.0. The molecular weight excluding hydrogens is 356 g/mol. The molecule has 1 amide bonds. The Kier molecular flexibility index (Phi) is 5.67. The lowest BCUT2D eigenvalue weighted by Crippen LogP contribution is -2.47. The van der Waals surface area contributed by atoms with E-state index in [4.69, 9.17) is 9.47 Å². The summed E-state index contributed by atoms with van der Waals surface area (Å²) < 4.78 is 38.7. The third-order valence-corrected chi connectivity index (χ3v) is 6.92. The summed E-state index contributed by atoms with van der Waals surface area (Å²) in [6, 6.07) is 6.24. The van der Waals surface area contributed by atoms with Crippen molar-refractivity contribution >= 4 is 15.9 Å². The molecule has 1 unspecified atom stereocenters. The lowest BCUT2D eigenvalue weighted by atomic mass is 10.1. The van der Waals surface area contributed by atoms with Gasteiger partial charge < -0.3 is 14.8 Å². The van der Waals surface area contributed by atoms with E-state index in [9.17, 15) is 13.2 Å². The highest BCUT2D eigenvalue weighted by molar-refractivity contribution is 7.89. The lowest BCUT2D eigenvalue weighted by Gasteiger charge is -2.36. The molecule has 0 radical (unpaired) electrons. The number of ether oxygens (including phenoxy) is 2. The van der Waals surface area contributed by atoms with Crippen molar-refractivity contribution < 1.29 is 22.7 Å². The molecule has 2 heterocycles. The predicted octanol–water partition coefficient (Wildman–Crippen LogP) is 1.74. The maximum Gasteiger partial charge on any atom is 0.251 e. The zero-order valence-corrected chi connectivity index (χ0v) is 16.0. The zero-order chi connectivity index (χ0) is 18.8. The van der Waals surface area contributed by atoms with Crippen LogP contribution in [0.5, 0.6) is 0 Å². The van der Waals surface area contributed by atoms with Gasteiger partial charge in [-0.05, 0) is 31.5 Å². The lowest BCUT2D eigenvalue weighted by molar-refractivity contribution is -0.179. The number of carbonyl (C=O) groups is 1. The van der Waals surface area contributed by atoms with Crippen LogP contribution in [0.25, 0.3) is 0 Å². The first-order chi connectivity index (χ1) is 12.4. The summed E-state index contributed by atoms with van der Waals surface area (Å²) in [6.07, 6.45) is 1.84. The van der Waals surface area contributed by atoms with Crippen LogP contribution in [0.15, 0.2) is 29.2 Å². The van der Waals surface area contributed by atoms with Gasteiger partial charge in [-0.3, -0.25) is 4.79 Å². The van der Waals surface area contributed by atoms with E-state index in [1.165, 1.54) is 16.4 Å².